The van der Waals surface area contributed by atoms with Crippen LogP contribution in [0.5, 0.6) is 0 Å². The smallest absolute Gasteiger partial charge is 0.322 e. The number of nitrogens with zero attached hydrogens (tertiary/aromatic N) is 4. The van der Waals surface area contributed by atoms with Crippen LogP contribution in [0.1, 0.15) is 26.3 Å². The highest BCUT2D eigenvalue weighted by atomic mass is 35.5. The summed E-state index contributed by atoms with van der Waals surface area (Å²) in [5, 5.41) is 16.8. The van der Waals surface area contributed by atoms with Crippen molar-refractivity contribution in [2.45, 2.75) is 27.7 Å². The number of hydrogen-bond acceptors (Lipinski definition) is 5. The van der Waals surface area contributed by atoms with E-state index in [4.69, 9.17) is 44.3 Å². The highest BCUT2D eigenvalue weighted by Crippen LogP contribution is 2.37. The molecule has 0 bridgehead atoms. The van der Waals surface area contributed by atoms with Crippen LogP contribution in [0.15, 0.2) is 46.9 Å². The Morgan fingerprint density at radius 3 is 2.39 bits per heavy atom. The molecule has 2 heterocycles. The Hall–Kier alpha value is -2.87. The third-order valence-electron chi connectivity index (χ3n) is 4.93. The molecule has 0 aliphatic carbocycles. The fourth-order valence-electron chi connectivity index (χ4n) is 3.13. The number of rotatable bonds is 4. The van der Waals surface area contributed by atoms with Gasteiger partial charge in [-0.2, -0.15) is 5.10 Å². The zero-order valence-electron chi connectivity index (χ0n) is 18.3. The van der Waals surface area contributed by atoms with E-state index in [0.29, 0.717) is 26.4 Å². The zero-order valence-corrected chi connectivity index (χ0v) is 20.5. The largest absolute Gasteiger partial charge is 0.401 e. The maximum absolute atomic E-state index is 12.3. The molecule has 33 heavy (non-hydrogen) atoms. The quantitative estimate of drug-likeness (QED) is 0.329. The molecule has 0 saturated heterocycles. The third kappa shape index (κ3) is 4.62. The standard InChI is InChI=1S/C23H20Cl3N5O2/c1-12-18(20-28-29-22(33-20)27-21(32)23(2,3)4)30-31(16-7-5-6-15(25)17(16)26)19(12)13-8-10-14(24)11-9-13/h5-11H,1-4H3,(H,27,29,32). The second-order valence-electron chi connectivity index (χ2n) is 8.43. The van der Waals surface area contributed by atoms with Crippen molar-refractivity contribution in [1.29, 1.82) is 0 Å². The molecule has 0 radical (unpaired) electrons. The van der Waals surface area contributed by atoms with Crippen LogP contribution >= 0.6 is 34.8 Å². The zero-order chi connectivity index (χ0) is 23.9. The fraction of sp³-hybridized carbons (Fsp3) is 0.217. The lowest BCUT2D eigenvalue weighted by molar-refractivity contribution is -0.123. The van der Waals surface area contributed by atoms with Gasteiger partial charge in [0.1, 0.15) is 0 Å². The maximum atomic E-state index is 12.3. The van der Waals surface area contributed by atoms with Crippen LogP contribution in [-0.4, -0.2) is 25.9 Å². The molecule has 4 rings (SSSR count). The molecule has 7 nitrogen and oxygen atoms in total. The molecule has 0 aliphatic rings. The molecule has 4 aromatic rings. The van der Waals surface area contributed by atoms with Gasteiger partial charge in [-0.1, -0.05) is 78.9 Å². The molecule has 0 fully saturated rings. The predicted molar refractivity (Wildman–Crippen MR) is 130 cm³/mol. The summed E-state index contributed by atoms with van der Waals surface area (Å²) in [4.78, 5) is 12.3. The number of amides is 1. The Morgan fingerprint density at radius 2 is 1.73 bits per heavy atom. The first-order valence-corrected chi connectivity index (χ1v) is 11.1. The third-order valence-corrected chi connectivity index (χ3v) is 5.99. The minimum Gasteiger partial charge on any atom is -0.401 e. The average Bonchev–Trinajstić information content (AvgIpc) is 3.34. The molecule has 1 N–H and O–H groups in total. The summed E-state index contributed by atoms with van der Waals surface area (Å²) in [6.45, 7) is 7.26. The number of halogens is 3. The lowest BCUT2D eigenvalue weighted by atomic mass is 9.96. The van der Waals surface area contributed by atoms with E-state index < -0.39 is 5.41 Å². The molecule has 1 amide bonds. The number of anilines is 1. The van der Waals surface area contributed by atoms with Crippen LogP contribution in [-0.2, 0) is 4.79 Å². The van der Waals surface area contributed by atoms with Crippen molar-refractivity contribution in [2.24, 2.45) is 5.41 Å². The van der Waals surface area contributed by atoms with Gasteiger partial charge in [0.05, 0.1) is 21.4 Å². The molecule has 0 aliphatic heterocycles. The van der Waals surface area contributed by atoms with Gasteiger partial charge in [0, 0.05) is 21.6 Å². The average molecular weight is 505 g/mol. The lowest BCUT2D eigenvalue weighted by Gasteiger charge is -2.15. The van der Waals surface area contributed by atoms with E-state index in [9.17, 15) is 4.79 Å². The molecule has 170 valence electrons. The minimum atomic E-state index is -0.614. The van der Waals surface area contributed by atoms with Gasteiger partial charge < -0.3 is 4.42 Å². The van der Waals surface area contributed by atoms with Crippen molar-refractivity contribution in [2.75, 3.05) is 5.32 Å². The van der Waals surface area contributed by atoms with Gasteiger partial charge in [-0.3, -0.25) is 10.1 Å². The molecule has 2 aromatic carbocycles. The molecule has 0 spiro atoms. The van der Waals surface area contributed by atoms with Crippen LogP contribution in [0.2, 0.25) is 15.1 Å². The summed E-state index contributed by atoms with van der Waals surface area (Å²) in [7, 11) is 0. The second kappa shape index (κ2) is 8.82. The van der Waals surface area contributed by atoms with Gasteiger partial charge in [0.2, 0.25) is 5.91 Å². The van der Waals surface area contributed by atoms with E-state index in [1.807, 2.05) is 25.1 Å². The van der Waals surface area contributed by atoms with Gasteiger partial charge >= 0.3 is 6.01 Å². The fourth-order valence-corrected chi connectivity index (χ4v) is 3.63. The van der Waals surface area contributed by atoms with Gasteiger partial charge in [-0.25, -0.2) is 4.68 Å². The number of aromatic nitrogens is 4. The summed E-state index contributed by atoms with van der Waals surface area (Å²) < 4.78 is 7.40. The first-order chi connectivity index (χ1) is 15.6. The number of benzene rings is 2. The van der Waals surface area contributed by atoms with Crippen molar-refractivity contribution in [3.05, 3.63) is 63.1 Å². The van der Waals surface area contributed by atoms with Crippen LogP contribution in [0.25, 0.3) is 28.5 Å². The molecule has 0 unspecified atom stereocenters. The lowest BCUT2D eigenvalue weighted by Crippen LogP contribution is -2.27. The normalized spacial score (nSPS) is 11.6. The minimum absolute atomic E-state index is 0.00675. The van der Waals surface area contributed by atoms with Crippen molar-refractivity contribution in [1.82, 2.24) is 20.0 Å². The molecule has 0 atom stereocenters. The topological polar surface area (TPSA) is 85.8 Å². The Labute approximate surface area is 205 Å². The first-order valence-electron chi connectivity index (χ1n) is 10.0. The van der Waals surface area contributed by atoms with Gasteiger partial charge in [-0.05, 0) is 31.2 Å². The maximum Gasteiger partial charge on any atom is 0.322 e. The highest BCUT2D eigenvalue weighted by Gasteiger charge is 2.26. The number of nitrogens with one attached hydrogen (secondary N) is 1. The van der Waals surface area contributed by atoms with E-state index in [1.165, 1.54) is 0 Å². The molecular formula is C23H20Cl3N5O2. The predicted octanol–water partition coefficient (Wildman–Crippen LogP) is 6.84. The monoisotopic (exact) mass is 503 g/mol. The van der Waals surface area contributed by atoms with E-state index in [-0.39, 0.29) is 17.8 Å². The summed E-state index contributed by atoms with van der Waals surface area (Å²) in [5.41, 5.74) is 2.79. The van der Waals surface area contributed by atoms with Crippen molar-refractivity contribution < 1.29 is 9.21 Å². The van der Waals surface area contributed by atoms with Crippen LogP contribution in [0.4, 0.5) is 6.01 Å². The second-order valence-corrected chi connectivity index (χ2v) is 9.65. The Morgan fingerprint density at radius 1 is 1.03 bits per heavy atom. The molecule has 0 saturated carbocycles. The van der Waals surface area contributed by atoms with Gasteiger partial charge in [0.15, 0.2) is 5.69 Å². The Kier molecular flexibility index (Phi) is 6.22. The van der Waals surface area contributed by atoms with E-state index in [1.54, 1.807) is 49.7 Å². The number of carbonyl (C=O) groups excluding carboxylic acids is 1. The van der Waals surface area contributed by atoms with Crippen LogP contribution in [0.3, 0.4) is 0 Å². The molecule has 10 heteroatoms. The number of hydrogen-bond donors (Lipinski definition) is 1. The van der Waals surface area contributed by atoms with Gasteiger partial charge in [0.25, 0.3) is 5.89 Å². The summed E-state index contributed by atoms with van der Waals surface area (Å²) in [6.07, 6.45) is 0. The van der Waals surface area contributed by atoms with E-state index in [2.05, 4.69) is 15.5 Å². The van der Waals surface area contributed by atoms with E-state index in [0.717, 1.165) is 16.8 Å². The van der Waals surface area contributed by atoms with Crippen LogP contribution < -0.4 is 5.32 Å². The number of carbonyl (C=O) groups is 1. The summed E-state index contributed by atoms with van der Waals surface area (Å²) >= 11 is 18.9. The molecule has 2 aromatic heterocycles. The SMILES string of the molecule is Cc1c(-c2nnc(NC(=O)C(C)(C)C)o2)nn(-c2cccc(Cl)c2Cl)c1-c1ccc(Cl)cc1. The van der Waals surface area contributed by atoms with Crippen molar-refractivity contribution >= 4 is 46.7 Å². The van der Waals surface area contributed by atoms with Gasteiger partial charge in [-0.15, -0.1) is 5.10 Å². The molecular weight excluding hydrogens is 485 g/mol. The van der Waals surface area contributed by atoms with Crippen molar-refractivity contribution in [3.8, 4) is 28.5 Å². The van der Waals surface area contributed by atoms with E-state index >= 15 is 0 Å². The van der Waals surface area contributed by atoms with Crippen molar-refractivity contribution in [3.63, 3.8) is 0 Å². The Balaban J connectivity index is 1.85. The van der Waals surface area contributed by atoms with Crippen LogP contribution in [0, 0.1) is 12.3 Å². The summed E-state index contributed by atoms with van der Waals surface area (Å²) in [6, 6.07) is 12.6. The highest BCUT2D eigenvalue weighted by molar-refractivity contribution is 6.43. The Bertz CT molecular complexity index is 1340. The summed E-state index contributed by atoms with van der Waals surface area (Å²) in [5.74, 6) is -0.0867. The first kappa shape index (κ1) is 23.3.